The maximum absolute atomic E-state index is 11.4. The fraction of sp³-hybridized carbons (Fsp3) is 0.118. The molecule has 2 heterocycles. The third kappa shape index (κ3) is 2.48. The van der Waals surface area contributed by atoms with Crippen LogP contribution in [0.2, 0.25) is 0 Å². The van der Waals surface area contributed by atoms with Gasteiger partial charge in [-0.3, -0.25) is 9.78 Å². The Bertz CT molecular complexity index is 791. The Morgan fingerprint density at radius 1 is 1.10 bits per heavy atom. The largest absolute Gasteiger partial charge is 0.298 e. The van der Waals surface area contributed by atoms with Gasteiger partial charge in [-0.05, 0) is 31.5 Å². The maximum atomic E-state index is 11.4. The minimum absolute atomic E-state index is 0.582. The molecule has 0 saturated carbocycles. The van der Waals surface area contributed by atoms with E-state index in [9.17, 15) is 4.79 Å². The van der Waals surface area contributed by atoms with Gasteiger partial charge in [-0.25, -0.2) is 4.68 Å². The van der Waals surface area contributed by atoms with Crippen LogP contribution in [0.4, 0.5) is 0 Å². The summed E-state index contributed by atoms with van der Waals surface area (Å²) in [5.41, 5.74) is 5.45. The lowest BCUT2D eigenvalue weighted by Gasteiger charge is -2.05. The summed E-state index contributed by atoms with van der Waals surface area (Å²) in [5.74, 6) is 0. The van der Waals surface area contributed by atoms with Gasteiger partial charge < -0.3 is 0 Å². The zero-order chi connectivity index (χ0) is 14.8. The average molecular weight is 277 g/mol. The number of rotatable bonds is 3. The van der Waals surface area contributed by atoms with Crippen molar-refractivity contribution in [3.8, 4) is 16.9 Å². The highest BCUT2D eigenvalue weighted by atomic mass is 16.1. The number of hydrogen-bond donors (Lipinski definition) is 0. The summed E-state index contributed by atoms with van der Waals surface area (Å²) >= 11 is 0. The monoisotopic (exact) mass is 277 g/mol. The molecule has 0 aliphatic carbocycles. The van der Waals surface area contributed by atoms with Gasteiger partial charge in [0.05, 0.1) is 11.3 Å². The molecular weight excluding hydrogens is 262 g/mol. The fourth-order valence-corrected chi connectivity index (χ4v) is 2.39. The van der Waals surface area contributed by atoms with Crippen LogP contribution in [0.3, 0.4) is 0 Å². The second kappa shape index (κ2) is 5.32. The zero-order valence-electron chi connectivity index (χ0n) is 11.9. The Morgan fingerprint density at radius 2 is 1.86 bits per heavy atom. The quantitative estimate of drug-likeness (QED) is 0.690. The van der Waals surface area contributed by atoms with Crippen molar-refractivity contribution in [2.45, 2.75) is 13.8 Å². The molecule has 21 heavy (non-hydrogen) atoms. The van der Waals surface area contributed by atoms with Crippen molar-refractivity contribution in [3.63, 3.8) is 0 Å². The van der Waals surface area contributed by atoms with Crippen LogP contribution in [0.15, 0.2) is 48.9 Å². The van der Waals surface area contributed by atoms with Gasteiger partial charge in [0.15, 0.2) is 6.29 Å². The number of aryl methyl sites for hydroxylation is 2. The molecular formula is C17H15N3O. The molecule has 0 amide bonds. The molecule has 4 nitrogen and oxygen atoms in total. The predicted octanol–water partition coefficient (Wildman–Crippen LogP) is 3.36. The summed E-state index contributed by atoms with van der Waals surface area (Å²) < 4.78 is 1.71. The first kappa shape index (κ1) is 13.2. The minimum Gasteiger partial charge on any atom is -0.298 e. The molecule has 0 radical (unpaired) electrons. The summed E-state index contributed by atoms with van der Waals surface area (Å²) in [6.45, 7) is 4.08. The second-order valence-corrected chi connectivity index (χ2v) is 5.02. The zero-order valence-corrected chi connectivity index (χ0v) is 11.9. The van der Waals surface area contributed by atoms with E-state index in [-0.39, 0.29) is 0 Å². The van der Waals surface area contributed by atoms with Crippen LogP contribution >= 0.6 is 0 Å². The fourth-order valence-electron chi connectivity index (χ4n) is 2.39. The Kier molecular flexibility index (Phi) is 3.36. The molecule has 0 saturated heterocycles. The topological polar surface area (TPSA) is 47.8 Å². The van der Waals surface area contributed by atoms with Crippen LogP contribution < -0.4 is 0 Å². The molecule has 0 aliphatic rings. The van der Waals surface area contributed by atoms with Crippen molar-refractivity contribution in [2.75, 3.05) is 0 Å². The number of hydrogen-bond acceptors (Lipinski definition) is 3. The number of carbonyl (C=O) groups is 1. The summed E-state index contributed by atoms with van der Waals surface area (Å²) in [5, 5.41) is 4.57. The molecule has 0 unspecified atom stereocenters. The maximum Gasteiger partial charge on any atom is 0.153 e. The molecule has 4 heteroatoms. The lowest BCUT2D eigenvalue weighted by molar-refractivity contribution is 0.112. The summed E-state index contributed by atoms with van der Waals surface area (Å²) in [6, 6.07) is 9.84. The van der Waals surface area contributed by atoms with Gasteiger partial charge in [-0.15, -0.1) is 0 Å². The Morgan fingerprint density at radius 3 is 2.52 bits per heavy atom. The van der Waals surface area contributed by atoms with E-state index in [1.807, 2.05) is 38.1 Å². The molecule has 0 N–H and O–H groups in total. The Balaban J connectivity index is 2.15. The third-order valence-corrected chi connectivity index (χ3v) is 3.43. The first-order valence-corrected chi connectivity index (χ1v) is 6.72. The van der Waals surface area contributed by atoms with E-state index in [1.165, 1.54) is 5.56 Å². The molecule has 1 aromatic carbocycles. The number of aldehydes is 1. The van der Waals surface area contributed by atoms with E-state index in [1.54, 1.807) is 23.3 Å². The van der Waals surface area contributed by atoms with Crippen molar-refractivity contribution in [3.05, 3.63) is 65.6 Å². The Hall–Kier alpha value is -2.75. The number of benzene rings is 1. The van der Waals surface area contributed by atoms with Crippen LogP contribution in [0, 0.1) is 13.8 Å². The molecule has 3 aromatic rings. The van der Waals surface area contributed by atoms with Crippen molar-refractivity contribution in [1.82, 2.24) is 14.8 Å². The van der Waals surface area contributed by atoms with Gasteiger partial charge in [0, 0.05) is 24.2 Å². The van der Waals surface area contributed by atoms with Gasteiger partial charge in [-0.2, -0.15) is 5.10 Å². The van der Waals surface area contributed by atoms with Crippen LogP contribution in [-0.4, -0.2) is 21.1 Å². The van der Waals surface area contributed by atoms with E-state index in [0.29, 0.717) is 11.3 Å². The van der Waals surface area contributed by atoms with Crippen LogP contribution in [0.1, 0.15) is 21.5 Å². The van der Waals surface area contributed by atoms with E-state index in [2.05, 4.69) is 16.1 Å². The smallest absolute Gasteiger partial charge is 0.153 e. The lowest BCUT2D eigenvalue weighted by atomic mass is 10.0. The highest BCUT2D eigenvalue weighted by molar-refractivity contribution is 5.86. The highest BCUT2D eigenvalue weighted by Gasteiger charge is 2.13. The van der Waals surface area contributed by atoms with Crippen molar-refractivity contribution >= 4 is 6.29 Å². The lowest BCUT2D eigenvalue weighted by Crippen LogP contribution is -1.95. The van der Waals surface area contributed by atoms with Crippen molar-refractivity contribution in [1.29, 1.82) is 0 Å². The molecule has 0 bridgehead atoms. The van der Waals surface area contributed by atoms with Gasteiger partial charge in [0.2, 0.25) is 0 Å². The standard InChI is InChI=1S/C17H15N3O/c1-12-3-4-16(13(2)9-12)17-14(11-21)10-20(19-17)15-5-7-18-8-6-15/h3-11H,1-2H3. The van der Waals surface area contributed by atoms with E-state index in [0.717, 1.165) is 23.1 Å². The van der Waals surface area contributed by atoms with Gasteiger partial charge in [-0.1, -0.05) is 23.8 Å². The second-order valence-electron chi connectivity index (χ2n) is 5.02. The normalized spacial score (nSPS) is 10.6. The van der Waals surface area contributed by atoms with Gasteiger partial charge in [0.25, 0.3) is 0 Å². The van der Waals surface area contributed by atoms with Crippen LogP contribution in [0.25, 0.3) is 16.9 Å². The van der Waals surface area contributed by atoms with Crippen molar-refractivity contribution < 1.29 is 4.79 Å². The minimum atomic E-state index is 0.582. The van der Waals surface area contributed by atoms with E-state index in [4.69, 9.17) is 0 Å². The molecule has 3 rings (SSSR count). The van der Waals surface area contributed by atoms with Gasteiger partial charge in [0.1, 0.15) is 5.69 Å². The molecule has 0 atom stereocenters. The van der Waals surface area contributed by atoms with E-state index < -0.39 is 0 Å². The summed E-state index contributed by atoms with van der Waals surface area (Å²) in [6.07, 6.45) is 6.00. The van der Waals surface area contributed by atoms with Crippen LogP contribution in [0.5, 0.6) is 0 Å². The van der Waals surface area contributed by atoms with Crippen molar-refractivity contribution in [2.24, 2.45) is 0 Å². The number of carbonyl (C=O) groups excluding carboxylic acids is 1. The highest BCUT2D eigenvalue weighted by Crippen LogP contribution is 2.26. The molecule has 2 aromatic heterocycles. The van der Waals surface area contributed by atoms with E-state index >= 15 is 0 Å². The molecule has 0 spiro atoms. The number of nitrogens with zero attached hydrogens (tertiary/aromatic N) is 3. The molecule has 0 aliphatic heterocycles. The first-order valence-electron chi connectivity index (χ1n) is 6.72. The summed E-state index contributed by atoms with van der Waals surface area (Å²) in [4.78, 5) is 15.3. The van der Waals surface area contributed by atoms with Gasteiger partial charge >= 0.3 is 0 Å². The van der Waals surface area contributed by atoms with Crippen LogP contribution in [-0.2, 0) is 0 Å². The molecule has 104 valence electrons. The molecule has 0 fully saturated rings. The third-order valence-electron chi connectivity index (χ3n) is 3.43. The average Bonchev–Trinajstić information content (AvgIpc) is 2.92. The number of aromatic nitrogens is 3. The summed E-state index contributed by atoms with van der Waals surface area (Å²) in [7, 11) is 0. The first-order chi connectivity index (χ1) is 10.2. The Labute approximate surface area is 123 Å². The SMILES string of the molecule is Cc1ccc(-c2nn(-c3ccncc3)cc2C=O)c(C)c1. The number of pyridine rings is 1. The predicted molar refractivity (Wildman–Crippen MR) is 81.7 cm³/mol.